The van der Waals surface area contributed by atoms with Gasteiger partial charge in [0.15, 0.2) is 0 Å². The van der Waals surface area contributed by atoms with Crippen LogP contribution in [-0.4, -0.2) is 41.9 Å². The van der Waals surface area contributed by atoms with E-state index in [1.54, 1.807) is 0 Å². The summed E-state index contributed by atoms with van der Waals surface area (Å²) in [6.45, 7) is 4.16. The van der Waals surface area contributed by atoms with Crippen LogP contribution >= 0.6 is 0 Å². The lowest BCUT2D eigenvalue weighted by atomic mass is 10.2. The molecule has 1 unspecified atom stereocenters. The molecule has 0 aromatic carbocycles. The van der Waals surface area contributed by atoms with Crippen molar-refractivity contribution in [3.8, 4) is 0 Å². The topological polar surface area (TPSA) is 88.7 Å². The number of pyridine rings is 1. The van der Waals surface area contributed by atoms with E-state index in [9.17, 15) is 9.90 Å². The van der Waals surface area contributed by atoms with E-state index in [4.69, 9.17) is 10.5 Å². The lowest BCUT2D eigenvalue weighted by molar-refractivity contribution is 0.0660. The Hall–Kier alpha value is -1.82. The van der Waals surface area contributed by atoms with E-state index in [-0.39, 0.29) is 11.7 Å². The minimum Gasteiger partial charge on any atom is -0.478 e. The zero-order chi connectivity index (χ0) is 13.8. The minimum absolute atomic E-state index is 0.114. The smallest absolute Gasteiger partial charge is 0.339 e. The summed E-state index contributed by atoms with van der Waals surface area (Å²) >= 11 is 0. The highest BCUT2D eigenvalue weighted by Crippen LogP contribution is 2.22. The molecular weight excluding hydrogens is 246 g/mol. The van der Waals surface area contributed by atoms with Crippen LogP contribution < -0.4 is 10.6 Å². The van der Waals surface area contributed by atoms with E-state index in [2.05, 4.69) is 11.9 Å². The number of rotatable bonds is 3. The average Bonchev–Trinajstić information content (AvgIpc) is 2.63. The Bertz CT molecular complexity index is 464. The molecule has 1 atom stereocenters. The molecule has 0 bridgehead atoms. The second-order valence-corrected chi connectivity index (χ2v) is 4.65. The van der Waals surface area contributed by atoms with Crippen LogP contribution in [0.15, 0.2) is 12.3 Å². The van der Waals surface area contributed by atoms with Gasteiger partial charge in [0.2, 0.25) is 0 Å². The summed E-state index contributed by atoms with van der Waals surface area (Å²) in [5.74, 6) is -0.529. The number of aromatic carboxylic acids is 1. The van der Waals surface area contributed by atoms with Gasteiger partial charge in [-0.2, -0.15) is 0 Å². The summed E-state index contributed by atoms with van der Waals surface area (Å²) in [6, 6.07) is 1.46. The lowest BCUT2D eigenvalue weighted by Crippen LogP contribution is -2.33. The van der Waals surface area contributed by atoms with Crippen molar-refractivity contribution in [1.29, 1.82) is 0 Å². The molecule has 1 aliphatic heterocycles. The molecule has 1 aliphatic rings. The number of nitrogens with two attached hydrogens (primary N) is 1. The summed E-state index contributed by atoms with van der Waals surface area (Å²) in [6.07, 6.45) is 3.37. The summed E-state index contributed by atoms with van der Waals surface area (Å²) < 4.78 is 5.69. The Morgan fingerprint density at radius 3 is 3.16 bits per heavy atom. The van der Waals surface area contributed by atoms with E-state index in [1.807, 2.05) is 4.90 Å². The Morgan fingerprint density at radius 1 is 1.68 bits per heavy atom. The molecule has 0 amide bonds. The highest BCUT2D eigenvalue weighted by molar-refractivity contribution is 5.94. The van der Waals surface area contributed by atoms with Gasteiger partial charge >= 0.3 is 5.97 Å². The normalized spacial score (nSPS) is 20.1. The van der Waals surface area contributed by atoms with E-state index in [0.717, 1.165) is 19.4 Å². The van der Waals surface area contributed by atoms with E-state index in [1.165, 1.54) is 12.3 Å². The molecule has 0 saturated carbocycles. The molecule has 1 fully saturated rings. The molecular formula is C13H19N3O3. The van der Waals surface area contributed by atoms with E-state index in [0.29, 0.717) is 24.7 Å². The molecule has 2 rings (SSSR count). The number of carboxylic acids is 1. The van der Waals surface area contributed by atoms with Crippen LogP contribution in [0.5, 0.6) is 0 Å². The Morgan fingerprint density at radius 2 is 2.47 bits per heavy atom. The fourth-order valence-corrected chi connectivity index (χ4v) is 2.22. The maximum Gasteiger partial charge on any atom is 0.339 e. The van der Waals surface area contributed by atoms with Crippen LogP contribution in [0, 0.1) is 0 Å². The number of carboxylic acid groups (broad SMARTS) is 1. The number of nitrogens with zero attached hydrogens (tertiary/aromatic N) is 2. The molecule has 2 heterocycles. The van der Waals surface area contributed by atoms with Gasteiger partial charge in [-0.15, -0.1) is 0 Å². The largest absolute Gasteiger partial charge is 0.478 e. The van der Waals surface area contributed by atoms with E-state index < -0.39 is 5.97 Å². The maximum absolute atomic E-state index is 11.3. The Labute approximate surface area is 112 Å². The fraction of sp³-hybridized carbons (Fsp3) is 0.538. The van der Waals surface area contributed by atoms with Crippen molar-refractivity contribution in [2.24, 2.45) is 0 Å². The third kappa shape index (κ3) is 3.14. The molecule has 0 spiro atoms. The molecule has 104 valence electrons. The molecule has 19 heavy (non-hydrogen) atoms. The van der Waals surface area contributed by atoms with Crippen LogP contribution in [0.4, 0.5) is 11.5 Å². The third-order valence-corrected chi connectivity index (χ3v) is 3.22. The monoisotopic (exact) mass is 265 g/mol. The van der Waals surface area contributed by atoms with Crippen molar-refractivity contribution in [3.63, 3.8) is 0 Å². The number of hydrogen-bond acceptors (Lipinski definition) is 5. The standard InChI is InChI=1S/C13H19N3O3/c1-2-10-8-16(4-3-5-19-10)12-11(13(17)18)6-9(14)7-15-12/h6-7,10H,2-5,8,14H2,1H3,(H,17,18). The highest BCUT2D eigenvalue weighted by Gasteiger charge is 2.23. The average molecular weight is 265 g/mol. The summed E-state index contributed by atoms with van der Waals surface area (Å²) in [5.41, 5.74) is 6.12. The quantitative estimate of drug-likeness (QED) is 0.858. The van der Waals surface area contributed by atoms with Crippen LogP contribution in [0.3, 0.4) is 0 Å². The molecule has 6 heteroatoms. The van der Waals surface area contributed by atoms with Crippen molar-refractivity contribution in [2.45, 2.75) is 25.9 Å². The Kier molecular flexibility index (Phi) is 4.21. The zero-order valence-corrected chi connectivity index (χ0v) is 11.0. The molecule has 6 nitrogen and oxygen atoms in total. The third-order valence-electron chi connectivity index (χ3n) is 3.22. The maximum atomic E-state index is 11.3. The van der Waals surface area contributed by atoms with Crippen molar-refractivity contribution in [3.05, 3.63) is 17.8 Å². The number of hydrogen-bond donors (Lipinski definition) is 2. The van der Waals surface area contributed by atoms with E-state index >= 15 is 0 Å². The highest BCUT2D eigenvalue weighted by atomic mass is 16.5. The first kappa shape index (κ1) is 13.6. The van der Waals surface area contributed by atoms with Crippen LogP contribution in [0.1, 0.15) is 30.1 Å². The van der Waals surface area contributed by atoms with Gasteiger partial charge in [0, 0.05) is 19.7 Å². The van der Waals surface area contributed by atoms with Gasteiger partial charge < -0.3 is 20.5 Å². The van der Waals surface area contributed by atoms with Crippen molar-refractivity contribution < 1.29 is 14.6 Å². The van der Waals surface area contributed by atoms with Gasteiger partial charge in [-0.3, -0.25) is 0 Å². The number of ether oxygens (including phenoxy) is 1. The molecule has 1 saturated heterocycles. The van der Waals surface area contributed by atoms with Crippen LogP contribution in [0.25, 0.3) is 0 Å². The summed E-state index contributed by atoms with van der Waals surface area (Å²) in [4.78, 5) is 17.5. The summed E-state index contributed by atoms with van der Waals surface area (Å²) in [7, 11) is 0. The summed E-state index contributed by atoms with van der Waals surface area (Å²) in [5, 5.41) is 9.26. The SMILES string of the molecule is CCC1CN(c2ncc(N)cc2C(=O)O)CCCO1. The van der Waals surface area contributed by atoms with Crippen LogP contribution in [-0.2, 0) is 4.74 Å². The molecule has 0 radical (unpaired) electrons. The van der Waals surface area contributed by atoms with Gasteiger partial charge in [0.05, 0.1) is 18.0 Å². The second-order valence-electron chi connectivity index (χ2n) is 4.65. The van der Waals surface area contributed by atoms with Crippen LogP contribution in [0.2, 0.25) is 0 Å². The zero-order valence-electron chi connectivity index (χ0n) is 11.0. The van der Waals surface area contributed by atoms with Crippen molar-refractivity contribution in [1.82, 2.24) is 4.98 Å². The van der Waals surface area contributed by atoms with Gasteiger partial charge in [0.1, 0.15) is 11.4 Å². The van der Waals surface area contributed by atoms with Gasteiger partial charge in [-0.25, -0.2) is 9.78 Å². The number of anilines is 2. The predicted octanol–water partition coefficient (Wildman–Crippen LogP) is 1.37. The fourth-order valence-electron chi connectivity index (χ4n) is 2.22. The molecule has 1 aromatic heterocycles. The van der Waals surface area contributed by atoms with Gasteiger partial charge in [0.25, 0.3) is 0 Å². The van der Waals surface area contributed by atoms with Gasteiger partial charge in [-0.1, -0.05) is 6.92 Å². The Balaban J connectivity index is 2.31. The first-order valence-corrected chi connectivity index (χ1v) is 6.47. The number of carbonyl (C=O) groups is 1. The first-order chi connectivity index (χ1) is 9.11. The number of nitrogen functional groups attached to an aromatic ring is 1. The van der Waals surface area contributed by atoms with Gasteiger partial charge in [-0.05, 0) is 18.9 Å². The first-order valence-electron chi connectivity index (χ1n) is 6.47. The van der Waals surface area contributed by atoms with Crippen molar-refractivity contribution >= 4 is 17.5 Å². The molecule has 3 N–H and O–H groups in total. The lowest BCUT2D eigenvalue weighted by Gasteiger charge is -2.25. The molecule has 1 aromatic rings. The second kappa shape index (κ2) is 5.88. The predicted molar refractivity (Wildman–Crippen MR) is 72.5 cm³/mol. The number of aromatic nitrogens is 1. The van der Waals surface area contributed by atoms with Crippen molar-refractivity contribution in [2.75, 3.05) is 30.3 Å². The minimum atomic E-state index is -1.01. The molecule has 0 aliphatic carbocycles.